The summed E-state index contributed by atoms with van der Waals surface area (Å²) in [7, 11) is 0. The summed E-state index contributed by atoms with van der Waals surface area (Å²) in [4.78, 5) is 36.7. The van der Waals surface area contributed by atoms with Crippen LogP contribution in [0.1, 0.15) is 26.2 Å². The third-order valence-electron chi connectivity index (χ3n) is 3.62. The van der Waals surface area contributed by atoms with Crippen LogP contribution >= 0.6 is 0 Å². The zero-order chi connectivity index (χ0) is 15.4. The Labute approximate surface area is 122 Å². The fraction of sp³-hybridized carbons (Fsp3) is 0.769. The highest BCUT2D eigenvalue weighted by Gasteiger charge is 2.36. The van der Waals surface area contributed by atoms with Crippen LogP contribution in [-0.2, 0) is 14.3 Å². The fourth-order valence-corrected chi connectivity index (χ4v) is 2.16. The van der Waals surface area contributed by atoms with E-state index in [2.05, 4.69) is 10.6 Å². The first-order valence-electron chi connectivity index (χ1n) is 7.21. The lowest BCUT2D eigenvalue weighted by Gasteiger charge is -2.35. The first-order valence-corrected chi connectivity index (χ1v) is 7.21. The Kier molecular flexibility index (Phi) is 5.00. The number of nitrogens with one attached hydrogen (secondary N) is 2. The molecule has 1 saturated carbocycles. The molecule has 1 aliphatic carbocycles. The maximum Gasteiger partial charge on any atom is 0.326 e. The van der Waals surface area contributed by atoms with Crippen LogP contribution in [-0.4, -0.2) is 65.8 Å². The van der Waals surface area contributed by atoms with Gasteiger partial charge >= 0.3 is 12.0 Å². The molecule has 2 atom stereocenters. The van der Waals surface area contributed by atoms with Gasteiger partial charge in [-0.3, -0.25) is 4.79 Å². The molecule has 8 nitrogen and oxygen atoms in total. The number of hydrogen-bond acceptors (Lipinski definition) is 4. The van der Waals surface area contributed by atoms with Crippen LogP contribution in [0.5, 0.6) is 0 Å². The van der Waals surface area contributed by atoms with Gasteiger partial charge in [-0.25, -0.2) is 9.59 Å². The van der Waals surface area contributed by atoms with Crippen molar-refractivity contribution in [3.05, 3.63) is 0 Å². The summed E-state index contributed by atoms with van der Waals surface area (Å²) in [5.74, 6) is -1.33. The maximum absolute atomic E-state index is 12.2. The second-order valence-corrected chi connectivity index (χ2v) is 5.32. The predicted octanol–water partition coefficient (Wildman–Crippen LogP) is -0.461. The number of amides is 3. The largest absolute Gasteiger partial charge is 0.480 e. The van der Waals surface area contributed by atoms with Crippen LogP contribution in [0.3, 0.4) is 0 Å². The number of carboxylic acid groups (broad SMARTS) is 1. The van der Waals surface area contributed by atoms with Gasteiger partial charge in [0.2, 0.25) is 5.91 Å². The highest BCUT2D eigenvalue weighted by molar-refractivity contribution is 5.89. The molecule has 118 valence electrons. The van der Waals surface area contributed by atoms with Crippen molar-refractivity contribution in [3.63, 3.8) is 0 Å². The van der Waals surface area contributed by atoms with Gasteiger partial charge in [0.05, 0.1) is 13.2 Å². The van der Waals surface area contributed by atoms with Crippen molar-refractivity contribution in [3.8, 4) is 0 Å². The van der Waals surface area contributed by atoms with Crippen molar-refractivity contribution < 1.29 is 24.2 Å². The Morgan fingerprint density at radius 2 is 2.10 bits per heavy atom. The van der Waals surface area contributed by atoms with E-state index in [1.54, 1.807) is 6.92 Å². The van der Waals surface area contributed by atoms with E-state index in [0.717, 1.165) is 12.8 Å². The number of morpholine rings is 1. The quantitative estimate of drug-likeness (QED) is 0.636. The summed E-state index contributed by atoms with van der Waals surface area (Å²) < 4.78 is 5.27. The van der Waals surface area contributed by atoms with Crippen LogP contribution in [0.2, 0.25) is 0 Å². The average molecular weight is 299 g/mol. The SMILES string of the molecule is CC[C@@H](NC(=O)N1CCOCC1C(=O)NC1CC1)C(=O)O. The standard InChI is InChI=1S/C13H21N3O5/c1-2-9(12(18)19)15-13(20)16-5-6-21-7-10(16)11(17)14-8-3-4-8/h8-10H,2-7H2,1H3,(H,14,17)(H,15,20)(H,18,19)/t9-,10?/m1/s1. The topological polar surface area (TPSA) is 108 Å². The summed E-state index contributed by atoms with van der Waals surface area (Å²) in [6, 6.07) is -1.99. The number of carbonyl (C=O) groups excluding carboxylic acids is 2. The number of aliphatic carboxylic acids is 1. The molecule has 0 aromatic carbocycles. The van der Waals surface area contributed by atoms with Gasteiger partial charge in [-0.1, -0.05) is 6.92 Å². The highest BCUT2D eigenvalue weighted by Crippen LogP contribution is 2.19. The lowest BCUT2D eigenvalue weighted by Crippen LogP contribution is -2.60. The molecule has 21 heavy (non-hydrogen) atoms. The lowest BCUT2D eigenvalue weighted by molar-refractivity contribution is -0.139. The van der Waals surface area contributed by atoms with Gasteiger partial charge in [0.15, 0.2) is 0 Å². The summed E-state index contributed by atoms with van der Waals surface area (Å²) in [5, 5.41) is 14.3. The molecule has 2 fully saturated rings. The second-order valence-electron chi connectivity index (χ2n) is 5.32. The van der Waals surface area contributed by atoms with E-state index in [-0.39, 0.29) is 31.5 Å². The minimum Gasteiger partial charge on any atom is -0.480 e. The van der Waals surface area contributed by atoms with E-state index in [0.29, 0.717) is 6.61 Å². The zero-order valence-corrected chi connectivity index (χ0v) is 12.0. The Balaban J connectivity index is 1.97. The van der Waals surface area contributed by atoms with Crippen molar-refractivity contribution in [2.75, 3.05) is 19.8 Å². The lowest BCUT2D eigenvalue weighted by atomic mass is 10.2. The van der Waals surface area contributed by atoms with Crippen molar-refractivity contribution in [2.45, 2.75) is 44.3 Å². The van der Waals surface area contributed by atoms with E-state index in [1.807, 2.05) is 0 Å². The molecule has 3 N–H and O–H groups in total. The van der Waals surface area contributed by atoms with Crippen molar-refractivity contribution in [1.82, 2.24) is 15.5 Å². The number of nitrogens with zero attached hydrogens (tertiary/aromatic N) is 1. The van der Waals surface area contributed by atoms with Crippen molar-refractivity contribution in [2.24, 2.45) is 0 Å². The molecule has 0 radical (unpaired) electrons. The molecule has 1 aliphatic heterocycles. The van der Waals surface area contributed by atoms with E-state index >= 15 is 0 Å². The first-order chi connectivity index (χ1) is 10.0. The van der Waals surface area contributed by atoms with Gasteiger partial charge < -0.3 is 25.4 Å². The Bertz CT molecular complexity index is 424. The number of ether oxygens (including phenoxy) is 1. The highest BCUT2D eigenvalue weighted by atomic mass is 16.5. The van der Waals surface area contributed by atoms with Crippen LogP contribution in [0.4, 0.5) is 4.79 Å². The number of carboxylic acids is 1. The molecule has 8 heteroatoms. The number of urea groups is 1. The zero-order valence-electron chi connectivity index (χ0n) is 12.0. The van der Waals surface area contributed by atoms with E-state index < -0.39 is 24.1 Å². The molecular weight excluding hydrogens is 278 g/mol. The summed E-state index contributed by atoms with van der Waals surface area (Å²) >= 11 is 0. The molecule has 1 unspecified atom stereocenters. The molecule has 0 spiro atoms. The molecule has 0 aromatic rings. The van der Waals surface area contributed by atoms with Gasteiger partial charge in [0, 0.05) is 12.6 Å². The molecule has 0 aromatic heterocycles. The number of hydrogen-bond donors (Lipinski definition) is 3. The molecule has 0 bridgehead atoms. The van der Waals surface area contributed by atoms with Crippen molar-refractivity contribution >= 4 is 17.9 Å². The van der Waals surface area contributed by atoms with Crippen LogP contribution in [0.15, 0.2) is 0 Å². The number of rotatable bonds is 5. The van der Waals surface area contributed by atoms with Crippen molar-refractivity contribution in [1.29, 1.82) is 0 Å². The van der Waals surface area contributed by atoms with Crippen LogP contribution in [0.25, 0.3) is 0 Å². The predicted molar refractivity (Wildman–Crippen MR) is 72.7 cm³/mol. The van der Waals surface area contributed by atoms with Crippen LogP contribution in [0, 0.1) is 0 Å². The van der Waals surface area contributed by atoms with Gasteiger partial charge in [0.25, 0.3) is 0 Å². The van der Waals surface area contributed by atoms with E-state index in [4.69, 9.17) is 9.84 Å². The second kappa shape index (κ2) is 6.75. The third-order valence-corrected chi connectivity index (χ3v) is 3.62. The maximum atomic E-state index is 12.2. The monoisotopic (exact) mass is 299 g/mol. The van der Waals surface area contributed by atoms with Gasteiger partial charge in [-0.15, -0.1) is 0 Å². The average Bonchev–Trinajstić information content (AvgIpc) is 3.28. The third kappa shape index (κ3) is 4.07. The molecule has 1 heterocycles. The fourth-order valence-electron chi connectivity index (χ4n) is 2.16. The Morgan fingerprint density at radius 1 is 1.38 bits per heavy atom. The Hall–Kier alpha value is -1.83. The minimum atomic E-state index is -1.09. The number of carbonyl (C=O) groups is 3. The molecule has 3 amide bonds. The Morgan fingerprint density at radius 3 is 2.67 bits per heavy atom. The molecular formula is C13H21N3O5. The first kappa shape index (κ1) is 15.6. The van der Waals surface area contributed by atoms with Gasteiger partial charge in [-0.2, -0.15) is 0 Å². The van der Waals surface area contributed by atoms with E-state index in [1.165, 1.54) is 4.90 Å². The minimum absolute atomic E-state index is 0.135. The molecule has 2 aliphatic rings. The molecule has 1 saturated heterocycles. The van der Waals surface area contributed by atoms with Gasteiger partial charge in [-0.05, 0) is 19.3 Å². The van der Waals surface area contributed by atoms with E-state index in [9.17, 15) is 14.4 Å². The smallest absolute Gasteiger partial charge is 0.326 e. The van der Waals surface area contributed by atoms with Crippen LogP contribution < -0.4 is 10.6 Å². The summed E-state index contributed by atoms with van der Waals surface area (Å²) in [6.45, 7) is 2.42. The summed E-state index contributed by atoms with van der Waals surface area (Å²) in [6.07, 6.45) is 2.20. The summed E-state index contributed by atoms with van der Waals surface area (Å²) in [5.41, 5.74) is 0. The normalized spacial score (nSPS) is 23.3. The molecule has 2 rings (SSSR count). The van der Waals surface area contributed by atoms with Gasteiger partial charge in [0.1, 0.15) is 12.1 Å².